The minimum Gasteiger partial charge on any atom is -0.324 e. The molecular formula is C27H28N2O4S. The molecule has 0 spiro atoms. The van der Waals surface area contributed by atoms with E-state index < -0.39 is 15.9 Å². The van der Waals surface area contributed by atoms with Crippen LogP contribution in [0.1, 0.15) is 29.5 Å². The van der Waals surface area contributed by atoms with Crippen molar-refractivity contribution >= 4 is 33.0 Å². The van der Waals surface area contributed by atoms with E-state index in [1.807, 2.05) is 62.4 Å². The second-order valence-electron chi connectivity index (χ2n) is 8.68. The van der Waals surface area contributed by atoms with E-state index in [9.17, 15) is 18.0 Å². The molecule has 0 aromatic heterocycles. The number of benzene rings is 3. The van der Waals surface area contributed by atoms with E-state index in [0.717, 1.165) is 16.7 Å². The molecule has 7 heteroatoms. The molecule has 2 amide bonds. The van der Waals surface area contributed by atoms with Crippen LogP contribution in [0.25, 0.3) is 0 Å². The molecule has 0 aliphatic carbocycles. The number of hydrogen-bond acceptors (Lipinski definition) is 4. The van der Waals surface area contributed by atoms with Gasteiger partial charge in [0.15, 0.2) is 9.84 Å². The molecule has 34 heavy (non-hydrogen) atoms. The van der Waals surface area contributed by atoms with Crippen LogP contribution in [0.4, 0.5) is 11.4 Å². The van der Waals surface area contributed by atoms with E-state index in [1.54, 1.807) is 24.3 Å². The summed E-state index contributed by atoms with van der Waals surface area (Å²) >= 11 is 0. The fourth-order valence-electron chi connectivity index (χ4n) is 4.17. The fourth-order valence-corrected chi connectivity index (χ4v) is 5.40. The maximum atomic E-state index is 13.4. The lowest BCUT2D eigenvalue weighted by molar-refractivity contribution is -0.123. The van der Waals surface area contributed by atoms with Crippen molar-refractivity contribution in [3.63, 3.8) is 0 Å². The smallest absolute Gasteiger partial charge is 0.247 e. The zero-order valence-electron chi connectivity index (χ0n) is 19.3. The number of sulfone groups is 1. The number of anilines is 2. The van der Waals surface area contributed by atoms with E-state index in [0.29, 0.717) is 24.2 Å². The van der Waals surface area contributed by atoms with Gasteiger partial charge >= 0.3 is 0 Å². The number of fused-ring (bicyclic) bond motifs is 1. The van der Waals surface area contributed by atoms with Gasteiger partial charge in [0.1, 0.15) is 6.04 Å². The number of aryl methyl sites for hydroxylation is 3. The highest BCUT2D eigenvalue weighted by Gasteiger charge is 2.36. The van der Waals surface area contributed by atoms with Gasteiger partial charge in [-0.05, 0) is 62.6 Å². The molecule has 1 N–H and O–H groups in total. The lowest BCUT2D eigenvalue weighted by Crippen LogP contribution is -2.50. The van der Waals surface area contributed by atoms with Gasteiger partial charge in [-0.1, -0.05) is 53.6 Å². The highest BCUT2D eigenvalue weighted by Crippen LogP contribution is 2.32. The summed E-state index contributed by atoms with van der Waals surface area (Å²) in [4.78, 5) is 28.3. The quantitative estimate of drug-likeness (QED) is 0.570. The minimum atomic E-state index is -3.63. The molecule has 176 valence electrons. The Morgan fingerprint density at radius 3 is 2.21 bits per heavy atom. The summed E-state index contributed by atoms with van der Waals surface area (Å²) in [7, 11) is -3.63. The second kappa shape index (κ2) is 9.81. The van der Waals surface area contributed by atoms with E-state index in [4.69, 9.17) is 0 Å². The Labute approximate surface area is 200 Å². The molecule has 0 radical (unpaired) electrons. The standard InChI is InChI=1S/C27H28N2O4S/c1-19-7-12-22(13-8-19)28-27(31)25-16-11-21-5-3-4-6-24(21)29(25)26(30)17-18-34(32,33)23-14-9-20(2)10-15-23/h3-10,12-15,25H,11,16-18H2,1-2H3,(H,28,31). The Morgan fingerprint density at radius 1 is 0.912 bits per heavy atom. The number of para-hydroxylation sites is 1. The lowest BCUT2D eigenvalue weighted by Gasteiger charge is -2.36. The second-order valence-corrected chi connectivity index (χ2v) is 10.8. The Morgan fingerprint density at radius 2 is 1.53 bits per heavy atom. The first kappa shape index (κ1) is 23.7. The van der Waals surface area contributed by atoms with Crippen molar-refractivity contribution in [3.8, 4) is 0 Å². The van der Waals surface area contributed by atoms with Gasteiger partial charge in [0.2, 0.25) is 11.8 Å². The molecule has 1 aliphatic heterocycles. The number of nitrogens with zero attached hydrogens (tertiary/aromatic N) is 1. The van der Waals surface area contributed by atoms with Crippen molar-refractivity contribution in [2.75, 3.05) is 16.0 Å². The summed E-state index contributed by atoms with van der Waals surface area (Å²) in [5, 5.41) is 2.91. The Hall–Kier alpha value is -3.45. The molecule has 4 rings (SSSR count). The van der Waals surface area contributed by atoms with Gasteiger partial charge in [0.05, 0.1) is 10.6 Å². The van der Waals surface area contributed by atoms with Gasteiger partial charge in [0, 0.05) is 17.8 Å². The van der Waals surface area contributed by atoms with Crippen LogP contribution in [0.3, 0.4) is 0 Å². The number of rotatable bonds is 6. The first-order chi connectivity index (χ1) is 16.2. The number of nitrogens with one attached hydrogen (secondary N) is 1. The Kier molecular flexibility index (Phi) is 6.84. The summed E-state index contributed by atoms with van der Waals surface area (Å²) in [6.07, 6.45) is 0.914. The monoisotopic (exact) mass is 476 g/mol. The van der Waals surface area contributed by atoms with Crippen molar-refractivity contribution in [1.29, 1.82) is 0 Å². The normalized spacial score (nSPS) is 15.5. The summed E-state index contributed by atoms with van der Waals surface area (Å²) in [5.74, 6) is -0.986. The maximum Gasteiger partial charge on any atom is 0.247 e. The molecule has 1 unspecified atom stereocenters. The summed E-state index contributed by atoms with van der Waals surface area (Å²) < 4.78 is 25.6. The van der Waals surface area contributed by atoms with Gasteiger partial charge in [-0.25, -0.2) is 8.42 Å². The van der Waals surface area contributed by atoms with Crippen LogP contribution in [0.15, 0.2) is 77.7 Å². The van der Waals surface area contributed by atoms with Crippen molar-refractivity contribution in [2.24, 2.45) is 0 Å². The van der Waals surface area contributed by atoms with Crippen molar-refractivity contribution < 1.29 is 18.0 Å². The average Bonchev–Trinajstić information content (AvgIpc) is 2.83. The highest BCUT2D eigenvalue weighted by atomic mass is 32.2. The predicted molar refractivity (Wildman–Crippen MR) is 134 cm³/mol. The molecule has 1 atom stereocenters. The summed E-state index contributed by atoms with van der Waals surface area (Å²) in [6.45, 7) is 3.85. The SMILES string of the molecule is Cc1ccc(NC(=O)C2CCc3ccccc3N2C(=O)CCS(=O)(=O)c2ccc(C)cc2)cc1. The number of carbonyl (C=O) groups excluding carboxylic acids is 2. The molecule has 1 heterocycles. The molecule has 0 fully saturated rings. The molecule has 0 saturated heterocycles. The molecule has 1 aliphatic rings. The first-order valence-electron chi connectivity index (χ1n) is 11.3. The van der Waals surface area contributed by atoms with E-state index in [1.165, 1.54) is 4.90 Å². The van der Waals surface area contributed by atoms with Crippen molar-refractivity contribution in [1.82, 2.24) is 0 Å². The topological polar surface area (TPSA) is 83.6 Å². The Balaban J connectivity index is 1.56. The third-order valence-corrected chi connectivity index (χ3v) is 7.84. The van der Waals surface area contributed by atoms with Crippen LogP contribution in [-0.2, 0) is 25.8 Å². The molecular weight excluding hydrogens is 448 g/mol. The number of carbonyl (C=O) groups is 2. The molecule has 3 aromatic carbocycles. The third-order valence-electron chi connectivity index (χ3n) is 6.11. The third kappa shape index (κ3) is 5.20. The average molecular weight is 477 g/mol. The minimum absolute atomic E-state index is 0.193. The zero-order chi connectivity index (χ0) is 24.3. The first-order valence-corrected chi connectivity index (χ1v) is 13.0. The van der Waals surface area contributed by atoms with Crippen molar-refractivity contribution in [3.05, 3.63) is 89.5 Å². The van der Waals surface area contributed by atoms with Crippen LogP contribution >= 0.6 is 0 Å². The van der Waals surface area contributed by atoms with E-state index >= 15 is 0 Å². The fraction of sp³-hybridized carbons (Fsp3) is 0.259. The zero-order valence-corrected chi connectivity index (χ0v) is 20.1. The Bertz CT molecular complexity index is 1300. The van der Waals surface area contributed by atoms with Crippen LogP contribution in [-0.4, -0.2) is 32.0 Å². The van der Waals surface area contributed by atoms with Gasteiger partial charge < -0.3 is 5.32 Å². The lowest BCUT2D eigenvalue weighted by atomic mass is 9.94. The van der Waals surface area contributed by atoms with E-state index in [2.05, 4.69) is 5.32 Å². The van der Waals surface area contributed by atoms with Gasteiger partial charge in [-0.2, -0.15) is 0 Å². The highest BCUT2D eigenvalue weighted by molar-refractivity contribution is 7.91. The maximum absolute atomic E-state index is 13.4. The van der Waals surface area contributed by atoms with Crippen LogP contribution in [0, 0.1) is 13.8 Å². The summed E-state index contributed by atoms with van der Waals surface area (Å²) in [6, 6.07) is 20.8. The van der Waals surface area contributed by atoms with Crippen LogP contribution in [0.5, 0.6) is 0 Å². The van der Waals surface area contributed by atoms with Gasteiger partial charge in [-0.15, -0.1) is 0 Å². The molecule has 6 nitrogen and oxygen atoms in total. The number of hydrogen-bond donors (Lipinski definition) is 1. The van der Waals surface area contributed by atoms with Gasteiger partial charge in [0.25, 0.3) is 0 Å². The molecule has 0 bridgehead atoms. The molecule has 0 saturated carbocycles. The van der Waals surface area contributed by atoms with Crippen LogP contribution in [0.2, 0.25) is 0 Å². The van der Waals surface area contributed by atoms with Crippen molar-refractivity contribution in [2.45, 2.75) is 44.0 Å². The van der Waals surface area contributed by atoms with E-state index in [-0.39, 0.29) is 28.9 Å². The number of amides is 2. The van der Waals surface area contributed by atoms with Gasteiger partial charge in [-0.3, -0.25) is 14.5 Å². The molecule has 3 aromatic rings. The van der Waals surface area contributed by atoms with Crippen LogP contribution < -0.4 is 10.2 Å². The summed E-state index contributed by atoms with van der Waals surface area (Å²) in [5.41, 5.74) is 4.33. The predicted octanol–water partition coefficient (Wildman–Crippen LogP) is 4.45. The largest absolute Gasteiger partial charge is 0.324 e.